The van der Waals surface area contributed by atoms with Crippen LogP contribution in [-0.2, 0) is 0 Å². The van der Waals surface area contributed by atoms with Crippen molar-refractivity contribution in [2.45, 2.75) is 44.0 Å². The van der Waals surface area contributed by atoms with E-state index >= 15 is 0 Å². The topological polar surface area (TPSA) is 63.1 Å². The van der Waals surface area contributed by atoms with Crippen LogP contribution in [0.4, 0.5) is 0 Å². The van der Waals surface area contributed by atoms with E-state index in [1.165, 1.54) is 5.56 Å². The van der Waals surface area contributed by atoms with Gasteiger partial charge in [0, 0.05) is 17.5 Å². The molecule has 0 saturated carbocycles. The van der Waals surface area contributed by atoms with Crippen molar-refractivity contribution < 1.29 is 4.79 Å². The van der Waals surface area contributed by atoms with Gasteiger partial charge in [-0.1, -0.05) is 42.5 Å². The van der Waals surface area contributed by atoms with E-state index in [1.807, 2.05) is 46.5 Å². The summed E-state index contributed by atoms with van der Waals surface area (Å²) in [4.78, 5) is 15.4. The smallest absolute Gasteiger partial charge is 0.276 e. The van der Waals surface area contributed by atoms with Crippen LogP contribution in [0.25, 0.3) is 0 Å². The van der Waals surface area contributed by atoms with Crippen molar-refractivity contribution in [1.29, 1.82) is 0 Å². The van der Waals surface area contributed by atoms with Crippen molar-refractivity contribution in [2.24, 2.45) is 0 Å². The summed E-state index contributed by atoms with van der Waals surface area (Å²) in [7, 11) is 0. The first-order valence-electron chi connectivity index (χ1n) is 9.77. The molecule has 7 heteroatoms. The van der Waals surface area contributed by atoms with Gasteiger partial charge in [0.25, 0.3) is 5.91 Å². The molecule has 2 unspecified atom stereocenters. The molecule has 1 amide bonds. The molecule has 144 valence electrons. The fourth-order valence-electron chi connectivity index (χ4n) is 4.22. The minimum Gasteiger partial charge on any atom is -0.328 e. The fraction of sp³-hybridized carbons (Fsp3) is 0.550. The fourth-order valence-corrected chi connectivity index (χ4v) is 5.38. The largest absolute Gasteiger partial charge is 0.328 e. The molecule has 2 aromatic rings. The molecule has 2 fully saturated rings. The van der Waals surface area contributed by atoms with E-state index < -0.39 is 0 Å². The SMILES string of the molecule is Cc1c(C(=O)N2CCSC(C)C2c2ccccc2)nnn1C1CCNCC1. The quantitative estimate of drug-likeness (QED) is 0.880. The first-order valence-corrected chi connectivity index (χ1v) is 10.8. The lowest BCUT2D eigenvalue weighted by Gasteiger charge is -2.39. The monoisotopic (exact) mass is 385 g/mol. The number of benzene rings is 1. The molecular formula is C20H27N5OS. The predicted octanol–water partition coefficient (Wildman–Crippen LogP) is 2.83. The molecule has 27 heavy (non-hydrogen) atoms. The Hall–Kier alpha value is -1.86. The molecule has 2 aliphatic rings. The van der Waals surface area contributed by atoms with Crippen molar-refractivity contribution in [3.63, 3.8) is 0 Å². The summed E-state index contributed by atoms with van der Waals surface area (Å²) in [6.07, 6.45) is 2.06. The van der Waals surface area contributed by atoms with Crippen molar-refractivity contribution >= 4 is 17.7 Å². The predicted molar refractivity (Wildman–Crippen MR) is 108 cm³/mol. The van der Waals surface area contributed by atoms with Crippen molar-refractivity contribution in [3.05, 3.63) is 47.3 Å². The standard InChI is InChI=1S/C20H27N5OS/c1-14-18(22-23-25(14)17-8-10-21-11-9-17)20(26)24-12-13-27-15(2)19(24)16-6-4-3-5-7-16/h3-7,15,17,19,21H,8-13H2,1-2H3. The second kappa shape index (κ2) is 8.02. The Balaban J connectivity index is 1.62. The number of nitrogens with zero attached hydrogens (tertiary/aromatic N) is 4. The Morgan fingerprint density at radius 3 is 2.70 bits per heavy atom. The number of amides is 1. The Morgan fingerprint density at radius 2 is 1.96 bits per heavy atom. The van der Waals surface area contributed by atoms with E-state index in [1.54, 1.807) is 0 Å². The van der Waals surface area contributed by atoms with Gasteiger partial charge in [-0.2, -0.15) is 11.8 Å². The zero-order valence-electron chi connectivity index (χ0n) is 16.0. The minimum atomic E-state index is 0.00804. The highest BCUT2D eigenvalue weighted by atomic mass is 32.2. The van der Waals surface area contributed by atoms with E-state index in [4.69, 9.17) is 0 Å². The highest BCUT2D eigenvalue weighted by Gasteiger charge is 2.36. The van der Waals surface area contributed by atoms with E-state index in [0.717, 1.165) is 43.9 Å². The number of carbonyl (C=O) groups excluding carboxylic acids is 1. The number of nitrogens with one attached hydrogen (secondary N) is 1. The summed E-state index contributed by atoms with van der Waals surface area (Å²) in [5.41, 5.74) is 2.59. The van der Waals surface area contributed by atoms with Gasteiger partial charge in [-0.05, 0) is 38.4 Å². The molecule has 4 rings (SSSR count). The number of carbonyl (C=O) groups is 1. The van der Waals surface area contributed by atoms with Crippen molar-refractivity contribution in [1.82, 2.24) is 25.2 Å². The van der Waals surface area contributed by atoms with Gasteiger partial charge in [0.15, 0.2) is 5.69 Å². The van der Waals surface area contributed by atoms with E-state index in [-0.39, 0.29) is 11.9 Å². The van der Waals surface area contributed by atoms with Crippen LogP contribution in [0, 0.1) is 6.92 Å². The molecular weight excluding hydrogens is 358 g/mol. The van der Waals surface area contributed by atoms with Crippen LogP contribution in [-0.4, -0.2) is 56.4 Å². The first-order chi connectivity index (χ1) is 13.2. The number of hydrogen-bond acceptors (Lipinski definition) is 5. The van der Waals surface area contributed by atoms with E-state index in [9.17, 15) is 4.79 Å². The second-order valence-corrected chi connectivity index (χ2v) is 8.86. The molecule has 1 N–H and O–H groups in total. The van der Waals surface area contributed by atoms with E-state index in [2.05, 4.69) is 34.7 Å². The Labute approximate surface area is 164 Å². The molecule has 2 atom stereocenters. The van der Waals surface area contributed by atoms with Gasteiger partial charge in [-0.15, -0.1) is 5.10 Å². The first kappa shape index (κ1) is 18.5. The van der Waals surface area contributed by atoms with Gasteiger partial charge < -0.3 is 10.2 Å². The van der Waals surface area contributed by atoms with Crippen LogP contribution in [0.5, 0.6) is 0 Å². The van der Waals surface area contributed by atoms with Crippen LogP contribution < -0.4 is 5.32 Å². The van der Waals surface area contributed by atoms with Gasteiger partial charge in [0.2, 0.25) is 0 Å². The summed E-state index contributed by atoms with van der Waals surface area (Å²) >= 11 is 1.93. The van der Waals surface area contributed by atoms with Crippen molar-refractivity contribution in [2.75, 3.05) is 25.4 Å². The molecule has 0 radical (unpaired) electrons. The second-order valence-electron chi connectivity index (χ2n) is 7.38. The Kier molecular flexibility index (Phi) is 5.50. The van der Waals surface area contributed by atoms with E-state index in [0.29, 0.717) is 17.0 Å². The van der Waals surface area contributed by atoms with Crippen LogP contribution in [0.1, 0.15) is 53.6 Å². The molecule has 6 nitrogen and oxygen atoms in total. The maximum atomic E-state index is 13.4. The molecule has 1 aromatic carbocycles. The number of thioether (sulfide) groups is 1. The zero-order valence-corrected chi connectivity index (χ0v) is 16.8. The normalized spacial score (nSPS) is 24.1. The summed E-state index contributed by atoms with van der Waals surface area (Å²) < 4.78 is 1.97. The van der Waals surface area contributed by atoms with Gasteiger partial charge >= 0.3 is 0 Å². The van der Waals surface area contributed by atoms with Gasteiger partial charge in [0.05, 0.1) is 17.8 Å². The van der Waals surface area contributed by atoms with Gasteiger partial charge in [-0.3, -0.25) is 4.79 Å². The van der Waals surface area contributed by atoms with Gasteiger partial charge in [-0.25, -0.2) is 4.68 Å². The van der Waals surface area contributed by atoms with Crippen LogP contribution in [0.3, 0.4) is 0 Å². The molecule has 3 heterocycles. The molecule has 0 aliphatic carbocycles. The number of rotatable bonds is 3. The maximum Gasteiger partial charge on any atom is 0.276 e. The Bertz CT molecular complexity index is 787. The minimum absolute atomic E-state index is 0.00804. The molecule has 2 aliphatic heterocycles. The third-order valence-electron chi connectivity index (χ3n) is 5.68. The third kappa shape index (κ3) is 3.62. The van der Waals surface area contributed by atoms with Crippen LogP contribution >= 0.6 is 11.8 Å². The summed E-state index contributed by atoms with van der Waals surface area (Å²) in [6, 6.07) is 10.7. The zero-order chi connectivity index (χ0) is 18.8. The summed E-state index contributed by atoms with van der Waals surface area (Å²) in [5.74, 6) is 0.964. The van der Waals surface area contributed by atoms with Gasteiger partial charge in [0.1, 0.15) is 0 Å². The summed E-state index contributed by atoms with van der Waals surface area (Å²) in [5, 5.41) is 12.4. The summed E-state index contributed by atoms with van der Waals surface area (Å²) in [6.45, 7) is 6.91. The lowest BCUT2D eigenvalue weighted by atomic mass is 10.0. The van der Waals surface area contributed by atoms with Crippen molar-refractivity contribution in [3.8, 4) is 0 Å². The number of piperidine rings is 1. The number of aromatic nitrogens is 3. The molecule has 0 spiro atoms. The lowest BCUT2D eigenvalue weighted by Crippen LogP contribution is -2.44. The van der Waals surface area contributed by atoms with Crippen LogP contribution in [0.2, 0.25) is 0 Å². The Morgan fingerprint density at radius 1 is 1.22 bits per heavy atom. The molecule has 2 saturated heterocycles. The highest BCUT2D eigenvalue weighted by molar-refractivity contribution is 8.00. The molecule has 0 bridgehead atoms. The number of hydrogen-bond donors (Lipinski definition) is 1. The maximum absolute atomic E-state index is 13.4. The highest BCUT2D eigenvalue weighted by Crippen LogP contribution is 2.37. The van der Waals surface area contributed by atoms with Crippen LogP contribution in [0.15, 0.2) is 30.3 Å². The lowest BCUT2D eigenvalue weighted by molar-refractivity contribution is 0.0674. The average molecular weight is 386 g/mol. The molecule has 1 aromatic heterocycles. The average Bonchev–Trinajstić information content (AvgIpc) is 3.10. The third-order valence-corrected chi connectivity index (χ3v) is 6.88.